The van der Waals surface area contributed by atoms with Gasteiger partial charge in [-0.1, -0.05) is 38.1 Å². The normalized spacial score (nSPS) is 10.8. The Hall–Kier alpha value is -3.38. The summed E-state index contributed by atoms with van der Waals surface area (Å²) in [6, 6.07) is 17.5. The van der Waals surface area contributed by atoms with Crippen LogP contribution in [0.4, 0.5) is 0 Å². The number of nitrogens with one attached hydrogen (secondary N) is 1. The number of pyridine rings is 1. The fourth-order valence-corrected chi connectivity index (χ4v) is 3.43. The topological polar surface area (TPSA) is 63.7 Å². The Balaban J connectivity index is 1.59. The molecule has 0 saturated carbocycles. The summed E-state index contributed by atoms with van der Waals surface area (Å²) in [5.41, 5.74) is 3.89. The molecule has 6 nitrogen and oxygen atoms in total. The van der Waals surface area contributed by atoms with Crippen molar-refractivity contribution in [3.63, 3.8) is 0 Å². The van der Waals surface area contributed by atoms with E-state index in [1.165, 1.54) is 5.56 Å². The van der Waals surface area contributed by atoms with Gasteiger partial charge in [-0.3, -0.25) is 14.7 Å². The molecule has 0 aliphatic carbocycles. The SMILES string of the molecule is CCOc1cc(C(=O)NCc2ccc(CN(CC)CC)cc2)ccc1OCc1ccncc1. The Kier molecular flexibility index (Phi) is 9.27. The second-order valence-electron chi connectivity index (χ2n) is 7.70. The van der Waals surface area contributed by atoms with Crippen LogP contribution in [0.3, 0.4) is 0 Å². The van der Waals surface area contributed by atoms with Gasteiger partial charge in [0.25, 0.3) is 5.91 Å². The minimum Gasteiger partial charge on any atom is -0.490 e. The van der Waals surface area contributed by atoms with Crippen molar-refractivity contribution >= 4 is 5.91 Å². The average Bonchev–Trinajstić information content (AvgIpc) is 2.86. The van der Waals surface area contributed by atoms with Crippen LogP contribution in [0.25, 0.3) is 0 Å². The van der Waals surface area contributed by atoms with Gasteiger partial charge in [-0.15, -0.1) is 0 Å². The van der Waals surface area contributed by atoms with Gasteiger partial charge < -0.3 is 14.8 Å². The van der Waals surface area contributed by atoms with Crippen LogP contribution >= 0.6 is 0 Å². The van der Waals surface area contributed by atoms with Crippen molar-refractivity contribution in [2.45, 2.75) is 40.5 Å². The molecule has 1 amide bonds. The number of hydrogen-bond acceptors (Lipinski definition) is 5. The third-order valence-corrected chi connectivity index (χ3v) is 5.43. The Morgan fingerprint density at radius 1 is 0.848 bits per heavy atom. The van der Waals surface area contributed by atoms with Crippen molar-refractivity contribution in [3.8, 4) is 11.5 Å². The van der Waals surface area contributed by atoms with Crippen LogP contribution in [-0.2, 0) is 19.7 Å². The maximum Gasteiger partial charge on any atom is 0.251 e. The van der Waals surface area contributed by atoms with Crippen molar-refractivity contribution in [3.05, 3.63) is 89.2 Å². The Morgan fingerprint density at radius 3 is 2.21 bits per heavy atom. The van der Waals surface area contributed by atoms with Crippen LogP contribution in [-0.4, -0.2) is 35.5 Å². The molecule has 0 radical (unpaired) electrons. The molecule has 1 aromatic heterocycles. The molecule has 0 aliphatic rings. The number of carbonyl (C=O) groups is 1. The summed E-state index contributed by atoms with van der Waals surface area (Å²) in [7, 11) is 0. The van der Waals surface area contributed by atoms with Gasteiger partial charge in [-0.05, 0) is 67.0 Å². The van der Waals surface area contributed by atoms with E-state index >= 15 is 0 Å². The largest absolute Gasteiger partial charge is 0.490 e. The standard InChI is InChI=1S/C27H33N3O3/c1-4-30(5-2)19-22-9-7-21(8-10-22)18-29-27(31)24-11-12-25(26(17-24)32-6-3)33-20-23-13-15-28-16-14-23/h7-17H,4-6,18-20H2,1-3H3,(H,29,31). The smallest absolute Gasteiger partial charge is 0.251 e. The van der Waals surface area contributed by atoms with E-state index in [-0.39, 0.29) is 5.91 Å². The highest BCUT2D eigenvalue weighted by Crippen LogP contribution is 2.29. The molecule has 3 aromatic rings. The molecule has 3 rings (SSSR count). The number of rotatable bonds is 12. The van der Waals surface area contributed by atoms with E-state index in [0.717, 1.165) is 30.8 Å². The van der Waals surface area contributed by atoms with Gasteiger partial charge in [0, 0.05) is 31.0 Å². The highest BCUT2D eigenvalue weighted by atomic mass is 16.5. The molecular weight excluding hydrogens is 414 g/mol. The minimum absolute atomic E-state index is 0.149. The van der Waals surface area contributed by atoms with Gasteiger partial charge in [-0.25, -0.2) is 0 Å². The Bertz CT molecular complexity index is 1000. The molecule has 0 unspecified atom stereocenters. The first-order valence-corrected chi connectivity index (χ1v) is 11.5. The zero-order valence-electron chi connectivity index (χ0n) is 19.7. The molecule has 6 heteroatoms. The van der Waals surface area contributed by atoms with Crippen molar-refractivity contribution < 1.29 is 14.3 Å². The summed E-state index contributed by atoms with van der Waals surface area (Å²) in [5.74, 6) is 1.01. The molecule has 0 spiro atoms. The van der Waals surface area contributed by atoms with Gasteiger partial charge in [0.1, 0.15) is 6.61 Å². The van der Waals surface area contributed by atoms with Crippen LogP contribution in [0.1, 0.15) is 47.8 Å². The molecule has 0 atom stereocenters. The molecule has 0 bridgehead atoms. The summed E-state index contributed by atoms with van der Waals surface area (Å²) in [6.07, 6.45) is 3.46. The maximum atomic E-state index is 12.7. The summed E-state index contributed by atoms with van der Waals surface area (Å²) in [4.78, 5) is 19.1. The number of ether oxygens (including phenoxy) is 2. The highest BCUT2D eigenvalue weighted by molar-refractivity contribution is 5.94. The second-order valence-corrected chi connectivity index (χ2v) is 7.70. The molecule has 0 aliphatic heterocycles. The lowest BCUT2D eigenvalue weighted by atomic mass is 10.1. The highest BCUT2D eigenvalue weighted by Gasteiger charge is 2.12. The van der Waals surface area contributed by atoms with Crippen molar-refractivity contribution in [2.75, 3.05) is 19.7 Å². The lowest BCUT2D eigenvalue weighted by Crippen LogP contribution is -2.23. The summed E-state index contributed by atoms with van der Waals surface area (Å²) >= 11 is 0. The number of amides is 1. The first kappa shape index (κ1) is 24.3. The molecular formula is C27H33N3O3. The van der Waals surface area contributed by atoms with Gasteiger partial charge >= 0.3 is 0 Å². The quantitative estimate of drug-likeness (QED) is 0.431. The lowest BCUT2D eigenvalue weighted by Gasteiger charge is -2.18. The zero-order valence-corrected chi connectivity index (χ0v) is 19.7. The minimum atomic E-state index is -0.149. The van der Waals surface area contributed by atoms with Gasteiger partial charge in [0.05, 0.1) is 6.61 Å². The molecule has 1 N–H and O–H groups in total. The van der Waals surface area contributed by atoms with Gasteiger partial charge in [0.15, 0.2) is 11.5 Å². The molecule has 0 saturated heterocycles. The van der Waals surface area contributed by atoms with E-state index in [9.17, 15) is 4.79 Å². The first-order chi connectivity index (χ1) is 16.1. The fourth-order valence-electron chi connectivity index (χ4n) is 3.43. The fraction of sp³-hybridized carbons (Fsp3) is 0.333. The Morgan fingerprint density at radius 2 is 1.55 bits per heavy atom. The van der Waals surface area contributed by atoms with Crippen LogP contribution < -0.4 is 14.8 Å². The molecule has 33 heavy (non-hydrogen) atoms. The lowest BCUT2D eigenvalue weighted by molar-refractivity contribution is 0.0950. The van der Waals surface area contributed by atoms with Crippen molar-refractivity contribution in [1.29, 1.82) is 0 Å². The van der Waals surface area contributed by atoms with E-state index in [1.807, 2.05) is 19.1 Å². The monoisotopic (exact) mass is 447 g/mol. The number of hydrogen-bond donors (Lipinski definition) is 1. The van der Waals surface area contributed by atoms with E-state index in [4.69, 9.17) is 9.47 Å². The van der Waals surface area contributed by atoms with E-state index in [2.05, 4.69) is 53.3 Å². The summed E-state index contributed by atoms with van der Waals surface area (Å²) in [6.45, 7) is 10.6. The maximum absolute atomic E-state index is 12.7. The average molecular weight is 448 g/mol. The first-order valence-electron chi connectivity index (χ1n) is 11.5. The van der Waals surface area contributed by atoms with Crippen LogP contribution in [0.15, 0.2) is 67.0 Å². The van der Waals surface area contributed by atoms with E-state index in [1.54, 1.807) is 30.6 Å². The third-order valence-electron chi connectivity index (χ3n) is 5.43. The van der Waals surface area contributed by atoms with Crippen LogP contribution in [0.5, 0.6) is 11.5 Å². The van der Waals surface area contributed by atoms with E-state index in [0.29, 0.717) is 36.8 Å². The molecule has 1 heterocycles. The third kappa shape index (κ3) is 7.32. The number of carbonyl (C=O) groups excluding carboxylic acids is 1. The number of aromatic nitrogens is 1. The van der Waals surface area contributed by atoms with Crippen LogP contribution in [0, 0.1) is 0 Å². The predicted octanol–water partition coefficient (Wildman–Crippen LogP) is 4.83. The van der Waals surface area contributed by atoms with Crippen molar-refractivity contribution in [1.82, 2.24) is 15.2 Å². The molecule has 0 fully saturated rings. The van der Waals surface area contributed by atoms with Crippen molar-refractivity contribution in [2.24, 2.45) is 0 Å². The van der Waals surface area contributed by atoms with Gasteiger partial charge in [-0.2, -0.15) is 0 Å². The molecule has 174 valence electrons. The second kappa shape index (κ2) is 12.6. The summed E-state index contributed by atoms with van der Waals surface area (Å²) in [5, 5.41) is 2.99. The number of benzene rings is 2. The predicted molar refractivity (Wildman–Crippen MR) is 130 cm³/mol. The zero-order chi connectivity index (χ0) is 23.5. The van der Waals surface area contributed by atoms with E-state index < -0.39 is 0 Å². The molecule has 2 aromatic carbocycles. The van der Waals surface area contributed by atoms with Gasteiger partial charge in [0.2, 0.25) is 0 Å². The van der Waals surface area contributed by atoms with Crippen LogP contribution in [0.2, 0.25) is 0 Å². The Labute approximate surface area is 196 Å². The number of nitrogens with zero attached hydrogens (tertiary/aromatic N) is 2. The summed E-state index contributed by atoms with van der Waals surface area (Å²) < 4.78 is 11.6.